The number of amides is 2. The van der Waals surface area contributed by atoms with E-state index < -0.39 is 0 Å². The van der Waals surface area contributed by atoms with Crippen LogP contribution in [0.25, 0.3) is 0 Å². The Hall–Kier alpha value is -0.770. The Labute approximate surface area is 98.0 Å². The van der Waals surface area contributed by atoms with Gasteiger partial charge in [0.05, 0.1) is 6.61 Å². The lowest BCUT2D eigenvalue weighted by Crippen LogP contribution is -2.49. The van der Waals surface area contributed by atoms with Gasteiger partial charge < -0.3 is 15.3 Å². The smallest absolute Gasteiger partial charge is 0.317 e. The monoisotopic (exact) mass is 228 g/mol. The summed E-state index contributed by atoms with van der Waals surface area (Å²) >= 11 is 0. The Morgan fingerprint density at radius 1 is 1.50 bits per heavy atom. The molecule has 94 valence electrons. The van der Waals surface area contributed by atoms with Crippen molar-refractivity contribution in [1.29, 1.82) is 0 Å². The van der Waals surface area contributed by atoms with Crippen molar-refractivity contribution >= 4 is 6.03 Å². The number of nitrogens with one attached hydrogen (secondary N) is 1. The number of rotatable bonds is 4. The van der Waals surface area contributed by atoms with Gasteiger partial charge in [0, 0.05) is 18.6 Å². The molecule has 1 unspecified atom stereocenters. The Morgan fingerprint density at radius 3 is 2.44 bits per heavy atom. The molecule has 2 N–H and O–H groups in total. The molecule has 2 amide bonds. The molecular weight excluding hydrogens is 204 g/mol. The lowest BCUT2D eigenvalue weighted by Gasteiger charge is -2.31. The fourth-order valence-corrected chi connectivity index (χ4v) is 1.43. The van der Waals surface area contributed by atoms with Crippen LogP contribution in [-0.2, 0) is 0 Å². The van der Waals surface area contributed by atoms with E-state index in [4.69, 9.17) is 5.11 Å². The van der Waals surface area contributed by atoms with Crippen molar-refractivity contribution in [1.82, 2.24) is 10.2 Å². The molecular formula is C12H24N2O2. The minimum absolute atomic E-state index is 0.0355. The number of nitrogens with zero attached hydrogens (tertiary/aromatic N) is 1. The van der Waals surface area contributed by atoms with Gasteiger partial charge in [0.1, 0.15) is 0 Å². The van der Waals surface area contributed by atoms with Gasteiger partial charge in [-0.15, -0.1) is 0 Å². The number of aliphatic hydroxyl groups is 1. The van der Waals surface area contributed by atoms with E-state index in [2.05, 4.69) is 26.1 Å². The maximum atomic E-state index is 12.0. The molecule has 0 aromatic carbocycles. The SMILES string of the molecule is CC(NC(=O)N(CCO)C1CC1)C(C)(C)C. The first-order chi connectivity index (χ1) is 7.36. The normalized spacial score (nSPS) is 18.1. The van der Waals surface area contributed by atoms with Crippen molar-refractivity contribution in [3.63, 3.8) is 0 Å². The second kappa shape index (κ2) is 5.04. The third kappa shape index (κ3) is 3.67. The van der Waals surface area contributed by atoms with Crippen LogP contribution in [0.5, 0.6) is 0 Å². The van der Waals surface area contributed by atoms with Gasteiger partial charge in [0.25, 0.3) is 0 Å². The first-order valence-electron chi connectivity index (χ1n) is 6.04. The Balaban J connectivity index is 2.48. The van der Waals surface area contributed by atoms with Crippen LogP contribution in [0.2, 0.25) is 0 Å². The molecule has 0 heterocycles. The maximum Gasteiger partial charge on any atom is 0.317 e. The lowest BCUT2D eigenvalue weighted by molar-refractivity contribution is 0.162. The summed E-state index contributed by atoms with van der Waals surface area (Å²) in [4.78, 5) is 13.7. The van der Waals surface area contributed by atoms with Crippen LogP contribution in [0, 0.1) is 5.41 Å². The Bertz CT molecular complexity index is 244. The fourth-order valence-electron chi connectivity index (χ4n) is 1.43. The van der Waals surface area contributed by atoms with E-state index >= 15 is 0 Å². The standard InChI is InChI=1S/C12H24N2O2/c1-9(12(2,3)4)13-11(16)14(7-8-15)10-5-6-10/h9-10,15H,5-8H2,1-4H3,(H,13,16). The predicted molar refractivity (Wildman–Crippen MR) is 64.3 cm³/mol. The summed E-state index contributed by atoms with van der Waals surface area (Å²) in [6.45, 7) is 8.80. The first-order valence-corrected chi connectivity index (χ1v) is 6.04. The summed E-state index contributed by atoms with van der Waals surface area (Å²) in [5, 5.41) is 11.9. The molecule has 16 heavy (non-hydrogen) atoms. The van der Waals surface area contributed by atoms with Crippen molar-refractivity contribution in [2.45, 2.75) is 52.6 Å². The third-order valence-corrected chi connectivity index (χ3v) is 3.23. The number of urea groups is 1. The zero-order valence-electron chi connectivity index (χ0n) is 10.8. The molecule has 0 aromatic heterocycles. The zero-order valence-corrected chi connectivity index (χ0v) is 10.8. The summed E-state index contributed by atoms with van der Waals surface area (Å²) < 4.78 is 0. The van der Waals surface area contributed by atoms with Crippen LogP contribution in [0.15, 0.2) is 0 Å². The van der Waals surface area contributed by atoms with Crippen LogP contribution < -0.4 is 5.32 Å². The van der Waals surface area contributed by atoms with Gasteiger partial charge in [-0.1, -0.05) is 20.8 Å². The van der Waals surface area contributed by atoms with E-state index in [-0.39, 0.29) is 24.1 Å². The van der Waals surface area contributed by atoms with Crippen LogP contribution >= 0.6 is 0 Å². The Kier molecular flexibility index (Phi) is 4.19. The van der Waals surface area contributed by atoms with Gasteiger partial charge in [-0.05, 0) is 25.2 Å². The average molecular weight is 228 g/mol. The van der Waals surface area contributed by atoms with Crippen LogP contribution in [0.1, 0.15) is 40.5 Å². The van der Waals surface area contributed by atoms with E-state index in [0.29, 0.717) is 12.6 Å². The molecule has 0 bridgehead atoms. The van der Waals surface area contributed by atoms with Crippen molar-refractivity contribution in [3.05, 3.63) is 0 Å². The molecule has 1 fully saturated rings. The first kappa shape index (κ1) is 13.3. The van der Waals surface area contributed by atoms with E-state index in [1.54, 1.807) is 4.90 Å². The fraction of sp³-hybridized carbons (Fsp3) is 0.917. The zero-order chi connectivity index (χ0) is 12.3. The topological polar surface area (TPSA) is 52.6 Å². The van der Waals surface area contributed by atoms with Gasteiger partial charge in [-0.2, -0.15) is 0 Å². The van der Waals surface area contributed by atoms with Crippen LogP contribution in [-0.4, -0.2) is 41.3 Å². The number of carbonyl (C=O) groups excluding carboxylic acids is 1. The molecule has 1 aliphatic carbocycles. The van der Waals surface area contributed by atoms with E-state index in [0.717, 1.165) is 12.8 Å². The van der Waals surface area contributed by atoms with Crippen LogP contribution in [0.3, 0.4) is 0 Å². The molecule has 4 nitrogen and oxygen atoms in total. The lowest BCUT2D eigenvalue weighted by atomic mass is 9.88. The van der Waals surface area contributed by atoms with Gasteiger partial charge >= 0.3 is 6.03 Å². The summed E-state index contributed by atoms with van der Waals surface area (Å²) in [6, 6.07) is 0.429. The molecule has 1 saturated carbocycles. The number of hydrogen-bond donors (Lipinski definition) is 2. The van der Waals surface area contributed by atoms with Gasteiger partial charge in [0.2, 0.25) is 0 Å². The highest BCUT2D eigenvalue weighted by Crippen LogP contribution is 2.27. The van der Waals surface area contributed by atoms with Gasteiger partial charge in [-0.3, -0.25) is 0 Å². The van der Waals surface area contributed by atoms with Crippen molar-refractivity contribution in [2.75, 3.05) is 13.2 Å². The number of aliphatic hydroxyl groups excluding tert-OH is 1. The number of hydrogen-bond acceptors (Lipinski definition) is 2. The van der Waals surface area contributed by atoms with E-state index in [1.807, 2.05) is 6.92 Å². The second-order valence-corrected chi connectivity index (χ2v) is 5.69. The molecule has 1 aliphatic rings. The Morgan fingerprint density at radius 2 is 2.06 bits per heavy atom. The number of carbonyl (C=O) groups is 1. The molecule has 0 aliphatic heterocycles. The third-order valence-electron chi connectivity index (χ3n) is 3.23. The molecule has 0 aromatic rings. The molecule has 0 saturated heterocycles. The summed E-state index contributed by atoms with van der Waals surface area (Å²) in [6.07, 6.45) is 2.13. The summed E-state index contributed by atoms with van der Waals surface area (Å²) in [5.74, 6) is 0. The molecule has 0 spiro atoms. The highest BCUT2D eigenvalue weighted by Gasteiger charge is 2.33. The average Bonchev–Trinajstić information content (AvgIpc) is 2.95. The minimum Gasteiger partial charge on any atom is -0.395 e. The minimum atomic E-state index is -0.0426. The summed E-state index contributed by atoms with van der Waals surface area (Å²) in [5.41, 5.74) is 0.0596. The van der Waals surface area contributed by atoms with Crippen molar-refractivity contribution in [3.8, 4) is 0 Å². The molecule has 1 atom stereocenters. The van der Waals surface area contributed by atoms with E-state index in [9.17, 15) is 4.79 Å². The van der Waals surface area contributed by atoms with Crippen LogP contribution in [0.4, 0.5) is 4.79 Å². The van der Waals surface area contributed by atoms with Gasteiger partial charge in [-0.25, -0.2) is 4.79 Å². The van der Waals surface area contributed by atoms with Gasteiger partial charge in [0.15, 0.2) is 0 Å². The largest absolute Gasteiger partial charge is 0.395 e. The molecule has 4 heteroatoms. The van der Waals surface area contributed by atoms with Crippen molar-refractivity contribution < 1.29 is 9.90 Å². The molecule has 1 rings (SSSR count). The van der Waals surface area contributed by atoms with Crippen molar-refractivity contribution in [2.24, 2.45) is 5.41 Å². The highest BCUT2D eigenvalue weighted by molar-refractivity contribution is 5.75. The van der Waals surface area contributed by atoms with E-state index in [1.165, 1.54) is 0 Å². The highest BCUT2D eigenvalue weighted by atomic mass is 16.3. The second-order valence-electron chi connectivity index (χ2n) is 5.69. The quantitative estimate of drug-likeness (QED) is 0.767. The maximum absolute atomic E-state index is 12.0. The molecule has 0 radical (unpaired) electrons. The predicted octanol–water partition coefficient (Wildman–Crippen LogP) is 1.59. The summed E-state index contributed by atoms with van der Waals surface area (Å²) in [7, 11) is 0.